The lowest BCUT2D eigenvalue weighted by molar-refractivity contribution is 0.00989. The van der Waals surface area contributed by atoms with Gasteiger partial charge in [-0.15, -0.1) is 24.0 Å². The number of methoxy groups -OCH3 is 1. The van der Waals surface area contributed by atoms with E-state index in [1.165, 1.54) is 11.1 Å². The highest BCUT2D eigenvalue weighted by Crippen LogP contribution is 2.15. The summed E-state index contributed by atoms with van der Waals surface area (Å²) in [4.78, 5) is 6.80. The van der Waals surface area contributed by atoms with Crippen LogP contribution in [0.5, 0.6) is 0 Å². The zero-order valence-electron chi connectivity index (χ0n) is 16.4. The summed E-state index contributed by atoms with van der Waals surface area (Å²) in [5.41, 5.74) is 2.75. The van der Waals surface area contributed by atoms with E-state index in [4.69, 9.17) is 9.47 Å². The normalized spacial score (nSPS) is 15.7. The maximum Gasteiger partial charge on any atom is 0.193 e. The molecule has 2 rings (SSSR count). The van der Waals surface area contributed by atoms with Gasteiger partial charge in [-0.3, -0.25) is 4.99 Å². The van der Waals surface area contributed by atoms with Crippen LogP contribution in [-0.2, 0) is 22.4 Å². The number of aryl methyl sites for hydroxylation is 1. The van der Waals surface area contributed by atoms with E-state index < -0.39 is 0 Å². The van der Waals surface area contributed by atoms with Crippen LogP contribution < -0.4 is 5.32 Å². The van der Waals surface area contributed by atoms with E-state index in [-0.39, 0.29) is 24.0 Å². The molecule has 1 N–H and O–H groups in total. The Morgan fingerprint density at radius 3 is 2.50 bits per heavy atom. The van der Waals surface area contributed by atoms with Gasteiger partial charge in [0.2, 0.25) is 0 Å². The Morgan fingerprint density at radius 1 is 1.19 bits per heavy atom. The Balaban J connectivity index is 0.00000338. The fourth-order valence-electron chi connectivity index (χ4n) is 3.27. The van der Waals surface area contributed by atoms with Crippen LogP contribution in [0.15, 0.2) is 29.3 Å². The first-order chi connectivity index (χ1) is 12.3. The number of ether oxygens (including phenoxy) is 2. The van der Waals surface area contributed by atoms with Gasteiger partial charge in [-0.05, 0) is 36.8 Å². The Morgan fingerprint density at radius 2 is 1.88 bits per heavy atom. The lowest BCUT2D eigenvalue weighted by Gasteiger charge is -2.34. The second-order valence-corrected chi connectivity index (χ2v) is 6.43. The predicted molar refractivity (Wildman–Crippen MR) is 118 cm³/mol. The van der Waals surface area contributed by atoms with E-state index >= 15 is 0 Å². The van der Waals surface area contributed by atoms with Crippen molar-refractivity contribution in [2.24, 2.45) is 4.99 Å². The molecule has 0 spiro atoms. The molecule has 6 heteroatoms. The monoisotopic (exact) mass is 475 g/mol. The SMILES string of the molecule is CCc1ccccc1CNC(=NC)N1CCC(OCCCOC)CC1.I. The van der Waals surface area contributed by atoms with Crippen LogP contribution in [0.3, 0.4) is 0 Å². The fourth-order valence-corrected chi connectivity index (χ4v) is 3.27. The van der Waals surface area contributed by atoms with Crippen LogP contribution >= 0.6 is 24.0 Å². The molecule has 1 aliphatic heterocycles. The van der Waals surface area contributed by atoms with Gasteiger partial charge in [-0.25, -0.2) is 0 Å². The highest BCUT2D eigenvalue weighted by atomic mass is 127. The van der Waals surface area contributed by atoms with Crippen LogP contribution in [0.1, 0.15) is 37.3 Å². The van der Waals surface area contributed by atoms with Gasteiger partial charge in [-0.2, -0.15) is 0 Å². The number of hydrogen-bond acceptors (Lipinski definition) is 3. The van der Waals surface area contributed by atoms with Gasteiger partial charge in [0.1, 0.15) is 0 Å². The average molecular weight is 475 g/mol. The predicted octanol–water partition coefficient (Wildman–Crippen LogP) is 3.46. The summed E-state index contributed by atoms with van der Waals surface area (Å²) in [5.74, 6) is 0.990. The molecule has 1 aliphatic rings. The summed E-state index contributed by atoms with van der Waals surface area (Å²) in [7, 11) is 3.59. The number of aliphatic imine (C=N–C) groups is 1. The number of nitrogens with one attached hydrogen (secondary N) is 1. The van der Waals surface area contributed by atoms with Crippen LogP contribution in [-0.4, -0.2) is 57.4 Å². The van der Waals surface area contributed by atoms with Crippen molar-refractivity contribution in [3.63, 3.8) is 0 Å². The minimum Gasteiger partial charge on any atom is -0.385 e. The van der Waals surface area contributed by atoms with Crippen molar-refractivity contribution >= 4 is 29.9 Å². The summed E-state index contributed by atoms with van der Waals surface area (Å²) in [6, 6.07) is 8.60. The molecule has 148 valence electrons. The van der Waals surface area contributed by atoms with E-state index in [1.807, 2.05) is 7.05 Å². The molecule has 0 amide bonds. The minimum absolute atomic E-state index is 0. The Hall–Kier alpha value is -0.860. The van der Waals surface area contributed by atoms with Gasteiger partial charge in [0.25, 0.3) is 0 Å². The summed E-state index contributed by atoms with van der Waals surface area (Å²) >= 11 is 0. The van der Waals surface area contributed by atoms with Crippen molar-refractivity contribution in [2.75, 3.05) is 40.5 Å². The average Bonchev–Trinajstić information content (AvgIpc) is 2.67. The van der Waals surface area contributed by atoms with Gasteiger partial charge in [0, 0.05) is 47.0 Å². The number of guanidine groups is 1. The van der Waals surface area contributed by atoms with Crippen molar-refractivity contribution in [3.8, 4) is 0 Å². The second kappa shape index (κ2) is 13.3. The molecule has 1 aromatic carbocycles. The van der Waals surface area contributed by atoms with Crippen LogP contribution in [0, 0.1) is 0 Å². The molecular weight excluding hydrogens is 441 g/mol. The molecule has 1 aromatic rings. The first-order valence-electron chi connectivity index (χ1n) is 9.41. The zero-order chi connectivity index (χ0) is 17.9. The number of nitrogens with zero attached hydrogens (tertiary/aromatic N) is 2. The molecule has 0 unspecified atom stereocenters. The quantitative estimate of drug-likeness (QED) is 0.271. The van der Waals surface area contributed by atoms with E-state index in [2.05, 4.69) is 46.4 Å². The van der Waals surface area contributed by atoms with Crippen LogP contribution in [0.2, 0.25) is 0 Å². The summed E-state index contributed by atoms with van der Waals surface area (Å²) in [6.45, 7) is 6.57. The first kappa shape index (κ1) is 23.2. The molecule has 0 radical (unpaired) electrons. The Kier molecular flexibility index (Phi) is 11.9. The molecule has 0 atom stereocenters. The van der Waals surface area contributed by atoms with Crippen molar-refractivity contribution < 1.29 is 9.47 Å². The maximum absolute atomic E-state index is 5.94. The highest BCUT2D eigenvalue weighted by molar-refractivity contribution is 14.0. The highest BCUT2D eigenvalue weighted by Gasteiger charge is 2.21. The van der Waals surface area contributed by atoms with E-state index in [0.29, 0.717) is 6.10 Å². The third-order valence-electron chi connectivity index (χ3n) is 4.74. The van der Waals surface area contributed by atoms with Crippen molar-refractivity contribution in [3.05, 3.63) is 35.4 Å². The summed E-state index contributed by atoms with van der Waals surface area (Å²) in [5, 5.41) is 3.52. The van der Waals surface area contributed by atoms with E-state index in [0.717, 1.165) is 64.5 Å². The molecule has 5 nitrogen and oxygen atoms in total. The summed E-state index contributed by atoms with van der Waals surface area (Å²) < 4.78 is 11.0. The number of benzene rings is 1. The maximum atomic E-state index is 5.94. The molecule has 0 aliphatic carbocycles. The van der Waals surface area contributed by atoms with Gasteiger partial charge >= 0.3 is 0 Å². The van der Waals surface area contributed by atoms with Crippen molar-refractivity contribution in [2.45, 2.75) is 45.3 Å². The standard InChI is InChI=1S/C20H33N3O2.HI/c1-4-17-8-5-6-9-18(17)16-22-20(21-2)23-12-10-19(11-13-23)25-15-7-14-24-3;/h5-6,8-9,19H,4,7,10-16H2,1-3H3,(H,21,22);1H. The minimum atomic E-state index is 0. The number of likely N-dealkylation sites (tertiary alicyclic amines) is 1. The van der Waals surface area contributed by atoms with Gasteiger partial charge in [0.05, 0.1) is 6.10 Å². The Labute approximate surface area is 175 Å². The molecule has 1 heterocycles. The Bertz CT molecular complexity index is 532. The molecule has 1 saturated heterocycles. The molecule has 26 heavy (non-hydrogen) atoms. The van der Waals surface area contributed by atoms with Crippen molar-refractivity contribution in [1.29, 1.82) is 0 Å². The van der Waals surface area contributed by atoms with Gasteiger partial charge < -0.3 is 19.7 Å². The van der Waals surface area contributed by atoms with E-state index in [9.17, 15) is 0 Å². The van der Waals surface area contributed by atoms with E-state index in [1.54, 1.807) is 7.11 Å². The zero-order valence-corrected chi connectivity index (χ0v) is 18.7. The lowest BCUT2D eigenvalue weighted by atomic mass is 10.1. The molecule has 0 saturated carbocycles. The lowest BCUT2D eigenvalue weighted by Crippen LogP contribution is -2.46. The van der Waals surface area contributed by atoms with Gasteiger partial charge in [0.15, 0.2) is 5.96 Å². The van der Waals surface area contributed by atoms with Gasteiger partial charge in [-0.1, -0.05) is 31.2 Å². The third kappa shape index (κ3) is 7.40. The first-order valence-corrected chi connectivity index (χ1v) is 9.41. The molecular formula is C20H34IN3O2. The smallest absolute Gasteiger partial charge is 0.193 e. The molecule has 0 bridgehead atoms. The fraction of sp³-hybridized carbons (Fsp3) is 0.650. The van der Waals surface area contributed by atoms with Crippen LogP contribution in [0.25, 0.3) is 0 Å². The number of hydrogen-bond donors (Lipinski definition) is 1. The van der Waals surface area contributed by atoms with Crippen LogP contribution in [0.4, 0.5) is 0 Å². The number of halogens is 1. The largest absolute Gasteiger partial charge is 0.385 e. The molecule has 1 fully saturated rings. The van der Waals surface area contributed by atoms with Crippen molar-refractivity contribution in [1.82, 2.24) is 10.2 Å². The number of piperidine rings is 1. The number of rotatable bonds is 8. The second-order valence-electron chi connectivity index (χ2n) is 6.43. The third-order valence-corrected chi connectivity index (χ3v) is 4.74. The molecule has 0 aromatic heterocycles. The summed E-state index contributed by atoms with van der Waals surface area (Å²) in [6.07, 6.45) is 4.50. The topological polar surface area (TPSA) is 46.1 Å².